The third-order valence-electron chi connectivity index (χ3n) is 5.16. The smallest absolute Gasteiger partial charge is 0.418 e. The Kier molecular flexibility index (Phi) is 14.5. The Bertz CT molecular complexity index is 1670. The zero-order valence-corrected chi connectivity index (χ0v) is 24.8. The summed E-state index contributed by atoms with van der Waals surface area (Å²) in [5, 5.41) is 22.0. The molecule has 2 amide bonds. The predicted molar refractivity (Wildman–Crippen MR) is 168 cm³/mol. The molecule has 16 heteroatoms. The standard InChI is InChI=1S/C9H9N3O.C9H12N2O2.C7H7F3N2.C5H4O3/c1-6(13)12-8-2-3-9(11)7(4-8)5-10;1-6(12)11-7-3-4-8(10)9(5-7)13-2;8-7(9,10)5-3-4(11)1-2-6(5)12;6-5(7)4-2-1-3-8-4/h2-4H,11H2,1H3,(H,12,13);3-5H,10H2,1-2H3,(H,11,12);1-3H,11-12H2;1-3H,(H,6,7). The molecule has 244 valence electrons. The number of carboxylic acid groups (broad SMARTS) is 1. The van der Waals surface area contributed by atoms with E-state index in [0.29, 0.717) is 34.1 Å². The van der Waals surface area contributed by atoms with Gasteiger partial charge in [-0.3, -0.25) is 9.59 Å². The van der Waals surface area contributed by atoms with Crippen molar-refractivity contribution >= 4 is 51.9 Å². The molecule has 0 unspecified atom stereocenters. The second-order valence-corrected chi connectivity index (χ2v) is 8.86. The Balaban J connectivity index is 0.000000311. The highest BCUT2D eigenvalue weighted by Gasteiger charge is 2.32. The van der Waals surface area contributed by atoms with Crippen LogP contribution in [0.2, 0.25) is 0 Å². The Morgan fingerprint density at radius 2 is 1.39 bits per heavy atom. The molecule has 13 nitrogen and oxygen atoms in total. The van der Waals surface area contributed by atoms with Gasteiger partial charge >= 0.3 is 12.1 Å². The second kappa shape index (κ2) is 17.7. The number of nitriles is 1. The lowest BCUT2D eigenvalue weighted by atomic mass is 10.1. The number of hydrogen-bond acceptors (Lipinski definition) is 10. The summed E-state index contributed by atoms with van der Waals surface area (Å²) < 4.78 is 45.8. The molecule has 0 saturated heterocycles. The molecule has 0 fully saturated rings. The van der Waals surface area contributed by atoms with Crippen LogP contribution < -0.4 is 38.3 Å². The predicted octanol–water partition coefficient (Wildman–Crippen LogP) is 5.18. The third-order valence-corrected chi connectivity index (χ3v) is 5.16. The topological polar surface area (TPSA) is 246 Å². The highest BCUT2D eigenvalue weighted by Crippen LogP contribution is 2.34. The van der Waals surface area contributed by atoms with E-state index in [-0.39, 0.29) is 28.9 Å². The lowest BCUT2D eigenvalue weighted by Crippen LogP contribution is -2.09. The number of carboxylic acids is 1. The number of nitrogen functional groups attached to an aromatic ring is 4. The zero-order valence-electron chi connectivity index (χ0n) is 24.8. The summed E-state index contributed by atoms with van der Waals surface area (Å²) in [4.78, 5) is 31.4. The van der Waals surface area contributed by atoms with Gasteiger partial charge in [0.05, 0.1) is 30.2 Å². The summed E-state index contributed by atoms with van der Waals surface area (Å²) in [5.74, 6) is -0.785. The summed E-state index contributed by atoms with van der Waals surface area (Å²) in [6.45, 7) is 2.85. The Hall–Kier alpha value is -6.37. The summed E-state index contributed by atoms with van der Waals surface area (Å²) in [7, 11) is 1.53. The largest absolute Gasteiger partial charge is 0.495 e. The Morgan fingerprint density at radius 3 is 1.80 bits per heavy atom. The highest BCUT2D eigenvalue weighted by atomic mass is 19.4. The van der Waals surface area contributed by atoms with Crippen molar-refractivity contribution < 1.29 is 41.8 Å². The molecule has 0 atom stereocenters. The van der Waals surface area contributed by atoms with Crippen molar-refractivity contribution in [3.05, 3.63) is 89.9 Å². The molecule has 3 aromatic carbocycles. The van der Waals surface area contributed by atoms with E-state index in [1.807, 2.05) is 6.07 Å². The van der Waals surface area contributed by atoms with Gasteiger partial charge in [0.15, 0.2) is 0 Å². The molecule has 0 aliphatic rings. The van der Waals surface area contributed by atoms with Crippen molar-refractivity contribution in [1.29, 1.82) is 5.26 Å². The SMILES string of the molecule is CC(=O)Nc1ccc(N)c(C#N)c1.COc1cc(NC(C)=O)ccc1N.Nc1ccc(N)c(C(F)(F)F)c1.O=C(O)c1ccco1. The number of carbonyl (C=O) groups is 3. The van der Waals surface area contributed by atoms with E-state index in [0.717, 1.165) is 12.1 Å². The molecule has 4 rings (SSSR count). The third kappa shape index (κ3) is 13.3. The summed E-state index contributed by atoms with van der Waals surface area (Å²) >= 11 is 0. The van der Waals surface area contributed by atoms with Crippen molar-refractivity contribution in [2.24, 2.45) is 0 Å². The molecule has 46 heavy (non-hydrogen) atoms. The van der Waals surface area contributed by atoms with Crippen LogP contribution in [0.4, 0.5) is 47.3 Å². The first kappa shape index (κ1) is 37.7. The maximum atomic E-state index is 12.1. The minimum atomic E-state index is -4.43. The number of rotatable bonds is 4. The van der Waals surface area contributed by atoms with Gasteiger partial charge in [0.25, 0.3) is 0 Å². The Morgan fingerprint density at radius 1 is 0.848 bits per heavy atom. The molecule has 1 heterocycles. The van der Waals surface area contributed by atoms with Crippen LogP contribution in [0, 0.1) is 11.3 Å². The van der Waals surface area contributed by atoms with Gasteiger partial charge in [-0.15, -0.1) is 0 Å². The molecule has 11 N–H and O–H groups in total. The number of aromatic carboxylic acids is 1. The molecule has 0 spiro atoms. The molecule has 0 saturated carbocycles. The number of nitrogens with two attached hydrogens (primary N) is 4. The number of furan rings is 1. The number of benzene rings is 3. The summed E-state index contributed by atoms with van der Waals surface area (Å²) in [6, 6.07) is 18.0. The van der Waals surface area contributed by atoms with Gasteiger partial charge in [-0.05, 0) is 60.7 Å². The molecular weight excluding hydrogens is 611 g/mol. The molecule has 0 bridgehead atoms. The van der Waals surface area contributed by atoms with Crippen LogP contribution in [0.15, 0.2) is 77.4 Å². The van der Waals surface area contributed by atoms with Gasteiger partial charge in [-0.2, -0.15) is 18.4 Å². The van der Waals surface area contributed by atoms with Gasteiger partial charge in [-0.1, -0.05) is 0 Å². The van der Waals surface area contributed by atoms with E-state index in [2.05, 4.69) is 15.1 Å². The molecule has 0 aliphatic heterocycles. The number of hydrogen-bond donors (Lipinski definition) is 7. The van der Waals surface area contributed by atoms with Gasteiger partial charge < -0.3 is 47.8 Å². The monoisotopic (exact) mass is 643 g/mol. The van der Waals surface area contributed by atoms with Crippen LogP contribution in [0.1, 0.15) is 35.5 Å². The zero-order chi connectivity index (χ0) is 35.0. The number of anilines is 6. The van der Waals surface area contributed by atoms with E-state index in [1.165, 1.54) is 51.5 Å². The maximum Gasteiger partial charge on any atom is 0.418 e. The van der Waals surface area contributed by atoms with E-state index in [4.69, 9.17) is 38.0 Å². The van der Waals surface area contributed by atoms with Gasteiger partial charge in [0.1, 0.15) is 11.8 Å². The Labute approximate surface area is 261 Å². The van der Waals surface area contributed by atoms with E-state index >= 15 is 0 Å². The average Bonchev–Trinajstić information content (AvgIpc) is 3.52. The van der Waals surface area contributed by atoms with Crippen LogP contribution in [-0.2, 0) is 15.8 Å². The molecule has 1 aromatic heterocycles. The first-order valence-corrected chi connectivity index (χ1v) is 12.8. The van der Waals surface area contributed by atoms with Crippen LogP contribution in [0.5, 0.6) is 5.75 Å². The van der Waals surface area contributed by atoms with Gasteiger partial charge in [0.2, 0.25) is 17.6 Å². The van der Waals surface area contributed by atoms with E-state index in [1.54, 1.807) is 30.3 Å². The van der Waals surface area contributed by atoms with Crippen molar-refractivity contribution in [2.75, 3.05) is 40.7 Å². The lowest BCUT2D eigenvalue weighted by molar-refractivity contribution is -0.136. The molecular formula is C30H32F3N7O6. The minimum absolute atomic E-state index is 0.0231. The van der Waals surface area contributed by atoms with Crippen LogP contribution in [-0.4, -0.2) is 30.0 Å². The fourth-order valence-electron chi connectivity index (χ4n) is 3.15. The number of alkyl halides is 3. The quantitative estimate of drug-likeness (QED) is 0.143. The number of halogens is 3. The van der Waals surface area contributed by atoms with Gasteiger partial charge in [-0.25, -0.2) is 4.79 Å². The van der Waals surface area contributed by atoms with Crippen LogP contribution in [0.3, 0.4) is 0 Å². The fourth-order valence-corrected chi connectivity index (χ4v) is 3.15. The van der Waals surface area contributed by atoms with Crippen LogP contribution >= 0.6 is 0 Å². The number of methoxy groups -OCH3 is 1. The summed E-state index contributed by atoms with van der Waals surface area (Å²) in [6.07, 6.45) is -3.11. The molecule has 0 radical (unpaired) electrons. The average molecular weight is 644 g/mol. The van der Waals surface area contributed by atoms with Gasteiger partial charge in [0, 0.05) is 48.4 Å². The van der Waals surface area contributed by atoms with Crippen molar-refractivity contribution in [2.45, 2.75) is 20.0 Å². The van der Waals surface area contributed by atoms with Crippen molar-refractivity contribution in [1.82, 2.24) is 0 Å². The number of carbonyl (C=O) groups excluding carboxylic acids is 2. The summed E-state index contributed by atoms with van der Waals surface area (Å²) in [5.41, 5.74) is 22.8. The second-order valence-electron chi connectivity index (χ2n) is 8.86. The first-order chi connectivity index (χ1) is 21.5. The molecule has 0 aliphatic carbocycles. The van der Waals surface area contributed by atoms with Crippen molar-refractivity contribution in [3.8, 4) is 11.8 Å². The highest BCUT2D eigenvalue weighted by molar-refractivity contribution is 5.90. The normalized spacial score (nSPS) is 9.76. The van der Waals surface area contributed by atoms with E-state index in [9.17, 15) is 27.6 Å². The maximum absolute atomic E-state index is 12.1. The first-order valence-electron chi connectivity index (χ1n) is 12.8. The number of nitrogens with zero attached hydrogens (tertiary/aromatic N) is 1. The molecule has 4 aromatic rings. The number of ether oxygens (including phenoxy) is 1. The number of amides is 2. The lowest BCUT2D eigenvalue weighted by Gasteiger charge is -2.09. The van der Waals surface area contributed by atoms with Crippen LogP contribution in [0.25, 0.3) is 0 Å². The van der Waals surface area contributed by atoms with E-state index < -0.39 is 17.7 Å². The number of nitrogens with one attached hydrogen (secondary N) is 2. The van der Waals surface area contributed by atoms with Crippen molar-refractivity contribution in [3.63, 3.8) is 0 Å². The fraction of sp³-hybridized carbons (Fsp3) is 0.133. The minimum Gasteiger partial charge on any atom is -0.495 e.